The van der Waals surface area contributed by atoms with E-state index in [9.17, 15) is 14.4 Å². The highest BCUT2D eigenvalue weighted by atomic mass is 16.2. The first-order valence-corrected chi connectivity index (χ1v) is 9.53. The molecule has 30 heavy (non-hydrogen) atoms. The lowest BCUT2D eigenvalue weighted by molar-refractivity contribution is -0.136. The SMILES string of the molecule is O=C(NCc1cccnc1)C(=O)Nc1ccccc1C(=O)NCCc1ccccc1. The van der Waals surface area contributed by atoms with E-state index in [0.717, 1.165) is 11.1 Å². The summed E-state index contributed by atoms with van der Waals surface area (Å²) in [5, 5.41) is 7.88. The fourth-order valence-corrected chi connectivity index (χ4v) is 2.79. The summed E-state index contributed by atoms with van der Waals surface area (Å²) < 4.78 is 0. The Hall–Kier alpha value is -4.00. The molecule has 0 spiro atoms. The van der Waals surface area contributed by atoms with Crippen molar-refractivity contribution >= 4 is 23.4 Å². The molecular formula is C23H22N4O3. The van der Waals surface area contributed by atoms with Crippen molar-refractivity contribution in [3.63, 3.8) is 0 Å². The van der Waals surface area contributed by atoms with E-state index in [2.05, 4.69) is 20.9 Å². The summed E-state index contributed by atoms with van der Waals surface area (Å²) in [6.45, 7) is 0.637. The van der Waals surface area contributed by atoms with Gasteiger partial charge >= 0.3 is 11.8 Å². The Morgan fingerprint density at radius 3 is 2.27 bits per heavy atom. The number of pyridine rings is 1. The van der Waals surface area contributed by atoms with Gasteiger partial charge in [0.2, 0.25) is 0 Å². The number of carbonyl (C=O) groups is 3. The molecule has 7 nitrogen and oxygen atoms in total. The quantitative estimate of drug-likeness (QED) is 0.528. The molecule has 1 heterocycles. The van der Waals surface area contributed by atoms with Gasteiger partial charge in [0.25, 0.3) is 5.91 Å². The van der Waals surface area contributed by atoms with Gasteiger partial charge in [-0.3, -0.25) is 19.4 Å². The van der Waals surface area contributed by atoms with Crippen LogP contribution >= 0.6 is 0 Å². The number of aromatic nitrogens is 1. The van der Waals surface area contributed by atoms with Crippen LogP contribution in [0.2, 0.25) is 0 Å². The molecule has 0 aliphatic carbocycles. The summed E-state index contributed by atoms with van der Waals surface area (Å²) >= 11 is 0. The lowest BCUT2D eigenvalue weighted by Gasteiger charge is -2.11. The number of hydrogen-bond acceptors (Lipinski definition) is 4. The van der Waals surface area contributed by atoms with Crippen LogP contribution in [0.5, 0.6) is 0 Å². The summed E-state index contributed by atoms with van der Waals surface area (Å²) in [6.07, 6.45) is 3.92. The van der Waals surface area contributed by atoms with Crippen LogP contribution in [-0.4, -0.2) is 29.3 Å². The molecule has 0 saturated carbocycles. The molecule has 0 unspecified atom stereocenters. The number of anilines is 1. The highest BCUT2D eigenvalue weighted by Gasteiger charge is 2.17. The van der Waals surface area contributed by atoms with Gasteiger partial charge in [-0.2, -0.15) is 0 Å². The highest BCUT2D eigenvalue weighted by molar-refractivity contribution is 6.40. The van der Waals surface area contributed by atoms with Crippen molar-refractivity contribution in [3.05, 3.63) is 95.8 Å². The maximum Gasteiger partial charge on any atom is 0.313 e. The summed E-state index contributed by atoms with van der Waals surface area (Å²) in [6, 6.07) is 19.9. The van der Waals surface area contributed by atoms with E-state index in [1.54, 1.807) is 48.8 Å². The highest BCUT2D eigenvalue weighted by Crippen LogP contribution is 2.15. The Bertz CT molecular complexity index is 1010. The third-order valence-electron chi connectivity index (χ3n) is 4.34. The summed E-state index contributed by atoms with van der Waals surface area (Å²) in [4.78, 5) is 40.8. The van der Waals surface area contributed by atoms with Gasteiger partial charge in [0.05, 0.1) is 11.3 Å². The molecule has 0 radical (unpaired) electrons. The minimum atomic E-state index is -0.844. The van der Waals surface area contributed by atoms with Crippen molar-refractivity contribution in [1.29, 1.82) is 0 Å². The van der Waals surface area contributed by atoms with Crippen LogP contribution in [0, 0.1) is 0 Å². The third kappa shape index (κ3) is 6.00. The minimum absolute atomic E-state index is 0.182. The normalized spacial score (nSPS) is 10.1. The van der Waals surface area contributed by atoms with Gasteiger partial charge < -0.3 is 16.0 Å². The first kappa shape index (κ1) is 20.7. The Labute approximate surface area is 174 Å². The second-order valence-corrected chi connectivity index (χ2v) is 6.54. The Balaban J connectivity index is 1.55. The molecule has 1 aromatic heterocycles. The maximum atomic E-state index is 12.5. The van der Waals surface area contributed by atoms with Gasteiger partial charge in [0.15, 0.2) is 0 Å². The van der Waals surface area contributed by atoms with Crippen LogP contribution in [0.25, 0.3) is 0 Å². The lowest BCUT2D eigenvalue weighted by Crippen LogP contribution is -2.35. The number of rotatable bonds is 7. The molecule has 3 rings (SSSR count). The number of para-hydroxylation sites is 1. The van der Waals surface area contributed by atoms with E-state index in [0.29, 0.717) is 18.5 Å². The molecule has 3 aromatic rings. The number of carbonyl (C=O) groups excluding carboxylic acids is 3. The molecule has 7 heteroatoms. The Morgan fingerprint density at radius 2 is 1.50 bits per heavy atom. The molecule has 3 N–H and O–H groups in total. The number of benzene rings is 2. The van der Waals surface area contributed by atoms with Crippen molar-refractivity contribution in [3.8, 4) is 0 Å². The summed E-state index contributed by atoms with van der Waals surface area (Å²) in [7, 11) is 0. The molecule has 0 aliphatic heterocycles. The smallest absolute Gasteiger partial charge is 0.313 e. The van der Waals surface area contributed by atoms with E-state index < -0.39 is 11.8 Å². The van der Waals surface area contributed by atoms with Crippen LogP contribution in [-0.2, 0) is 22.6 Å². The molecule has 152 valence electrons. The Morgan fingerprint density at radius 1 is 0.767 bits per heavy atom. The molecule has 3 amide bonds. The maximum absolute atomic E-state index is 12.5. The van der Waals surface area contributed by atoms with E-state index >= 15 is 0 Å². The second kappa shape index (κ2) is 10.5. The van der Waals surface area contributed by atoms with E-state index in [1.165, 1.54) is 0 Å². The van der Waals surface area contributed by atoms with Crippen molar-refractivity contribution in [2.75, 3.05) is 11.9 Å². The Kier molecular flexibility index (Phi) is 7.27. The van der Waals surface area contributed by atoms with Crippen LogP contribution in [0.15, 0.2) is 79.1 Å². The van der Waals surface area contributed by atoms with Gasteiger partial charge in [-0.05, 0) is 35.7 Å². The first-order chi connectivity index (χ1) is 14.6. The molecule has 2 aromatic carbocycles. The van der Waals surface area contributed by atoms with Crippen LogP contribution in [0.4, 0.5) is 5.69 Å². The van der Waals surface area contributed by atoms with Gasteiger partial charge in [0.1, 0.15) is 0 Å². The van der Waals surface area contributed by atoms with E-state index in [4.69, 9.17) is 0 Å². The van der Waals surface area contributed by atoms with Crippen molar-refractivity contribution in [2.45, 2.75) is 13.0 Å². The van der Waals surface area contributed by atoms with Gasteiger partial charge in [-0.1, -0.05) is 48.5 Å². The molecule has 0 atom stereocenters. The standard InChI is InChI=1S/C23H22N4O3/c28-21(25-14-12-17-7-2-1-3-8-17)19-10-4-5-11-20(19)27-23(30)22(29)26-16-18-9-6-13-24-15-18/h1-11,13,15H,12,14,16H2,(H,25,28)(H,26,29)(H,27,30). The molecule has 0 aliphatic rings. The molecular weight excluding hydrogens is 380 g/mol. The van der Waals surface area contributed by atoms with Crippen molar-refractivity contribution in [2.24, 2.45) is 0 Å². The number of hydrogen-bond donors (Lipinski definition) is 3. The van der Waals surface area contributed by atoms with Gasteiger partial charge in [-0.15, -0.1) is 0 Å². The third-order valence-corrected chi connectivity index (χ3v) is 4.34. The predicted molar refractivity (Wildman–Crippen MR) is 114 cm³/mol. The number of nitrogens with zero attached hydrogens (tertiary/aromatic N) is 1. The zero-order chi connectivity index (χ0) is 21.2. The fraction of sp³-hybridized carbons (Fsp3) is 0.130. The van der Waals surface area contributed by atoms with Crippen molar-refractivity contribution < 1.29 is 14.4 Å². The summed E-state index contributed by atoms with van der Waals surface area (Å²) in [5.41, 5.74) is 2.46. The predicted octanol–water partition coefficient (Wildman–Crippen LogP) is 2.31. The second-order valence-electron chi connectivity index (χ2n) is 6.54. The van der Waals surface area contributed by atoms with Gasteiger partial charge in [0, 0.05) is 25.5 Å². The number of amides is 3. The van der Waals surface area contributed by atoms with E-state index in [1.807, 2.05) is 30.3 Å². The largest absolute Gasteiger partial charge is 0.352 e. The zero-order valence-electron chi connectivity index (χ0n) is 16.3. The number of nitrogens with one attached hydrogen (secondary N) is 3. The first-order valence-electron chi connectivity index (χ1n) is 9.53. The molecule has 0 bridgehead atoms. The van der Waals surface area contributed by atoms with Crippen LogP contribution in [0.3, 0.4) is 0 Å². The van der Waals surface area contributed by atoms with Crippen molar-refractivity contribution in [1.82, 2.24) is 15.6 Å². The lowest BCUT2D eigenvalue weighted by atomic mass is 10.1. The average Bonchev–Trinajstić information content (AvgIpc) is 2.79. The summed E-state index contributed by atoms with van der Waals surface area (Å²) in [5.74, 6) is -1.96. The van der Waals surface area contributed by atoms with Crippen LogP contribution < -0.4 is 16.0 Å². The fourth-order valence-electron chi connectivity index (χ4n) is 2.79. The van der Waals surface area contributed by atoms with Gasteiger partial charge in [-0.25, -0.2) is 0 Å². The minimum Gasteiger partial charge on any atom is -0.352 e. The van der Waals surface area contributed by atoms with Crippen LogP contribution in [0.1, 0.15) is 21.5 Å². The van der Waals surface area contributed by atoms with E-state index in [-0.39, 0.29) is 18.1 Å². The zero-order valence-corrected chi connectivity index (χ0v) is 16.3. The molecule has 0 saturated heterocycles. The molecule has 0 fully saturated rings. The topological polar surface area (TPSA) is 100 Å². The average molecular weight is 402 g/mol. The monoisotopic (exact) mass is 402 g/mol.